The van der Waals surface area contributed by atoms with Crippen molar-refractivity contribution in [2.75, 3.05) is 13.2 Å². The molecule has 0 saturated carbocycles. The molecule has 0 heterocycles. The maximum Gasteiger partial charge on any atom is 0.0471 e. The van der Waals surface area contributed by atoms with E-state index in [4.69, 9.17) is 10.2 Å². The first kappa shape index (κ1) is 11.0. The second-order valence-corrected chi connectivity index (χ2v) is 3.13. The van der Waals surface area contributed by atoms with E-state index < -0.39 is 0 Å². The Labute approximate surface area is 84.5 Å². The third-order valence-electron chi connectivity index (χ3n) is 1.96. The molecule has 1 aromatic rings. The van der Waals surface area contributed by atoms with E-state index in [9.17, 15) is 0 Å². The van der Waals surface area contributed by atoms with E-state index in [0.29, 0.717) is 12.8 Å². The molecule has 0 saturated heterocycles. The normalized spacial score (nSPS) is 11.0. The number of hydrogen-bond donors (Lipinski definition) is 2. The van der Waals surface area contributed by atoms with Crippen LogP contribution in [0.2, 0.25) is 0 Å². The van der Waals surface area contributed by atoms with Crippen molar-refractivity contribution in [3.63, 3.8) is 0 Å². The van der Waals surface area contributed by atoms with Crippen LogP contribution in [0.3, 0.4) is 0 Å². The summed E-state index contributed by atoms with van der Waals surface area (Å²) in [4.78, 5) is 0. The fourth-order valence-electron chi connectivity index (χ4n) is 1.28. The van der Waals surface area contributed by atoms with Gasteiger partial charge in [0.1, 0.15) is 0 Å². The molecule has 0 aliphatic heterocycles. The van der Waals surface area contributed by atoms with Gasteiger partial charge < -0.3 is 10.2 Å². The molecular formula is C12H16O2. The average Bonchev–Trinajstić information content (AvgIpc) is 2.19. The van der Waals surface area contributed by atoms with Gasteiger partial charge in [0.25, 0.3) is 0 Å². The van der Waals surface area contributed by atoms with E-state index >= 15 is 0 Å². The lowest BCUT2D eigenvalue weighted by Crippen LogP contribution is -1.90. The van der Waals surface area contributed by atoms with Crippen LogP contribution in [0.1, 0.15) is 17.5 Å². The van der Waals surface area contributed by atoms with Gasteiger partial charge in [-0.3, -0.25) is 0 Å². The lowest BCUT2D eigenvalue weighted by molar-refractivity contribution is 0.299. The van der Waals surface area contributed by atoms with Crippen LogP contribution in [0.5, 0.6) is 0 Å². The summed E-state index contributed by atoms with van der Waals surface area (Å²) in [6.07, 6.45) is 5.31. The highest BCUT2D eigenvalue weighted by Crippen LogP contribution is 2.07. The third kappa shape index (κ3) is 3.73. The molecule has 0 aliphatic rings. The highest BCUT2D eigenvalue weighted by Gasteiger charge is 1.92. The van der Waals surface area contributed by atoms with Crippen LogP contribution in [0, 0.1) is 0 Å². The molecule has 0 amide bonds. The first-order chi connectivity index (χ1) is 6.86. The Kier molecular flexibility index (Phi) is 4.97. The van der Waals surface area contributed by atoms with Gasteiger partial charge in [-0.25, -0.2) is 0 Å². The van der Waals surface area contributed by atoms with Crippen LogP contribution < -0.4 is 0 Å². The fourth-order valence-corrected chi connectivity index (χ4v) is 1.28. The number of benzene rings is 1. The smallest absolute Gasteiger partial charge is 0.0471 e. The van der Waals surface area contributed by atoms with Crippen LogP contribution in [-0.4, -0.2) is 23.4 Å². The molecule has 76 valence electrons. The van der Waals surface area contributed by atoms with Crippen molar-refractivity contribution in [1.82, 2.24) is 0 Å². The standard InChI is InChI=1S/C12H16O2/c13-8-2-1-4-11-5-3-6-12(10-11)7-9-14/h1,3-6,10,13-14H,2,7-9H2. The lowest BCUT2D eigenvalue weighted by Gasteiger charge is -1.99. The van der Waals surface area contributed by atoms with E-state index in [1.165, 1.54) is 0 Å². The third-order valence-corrected chi connectivity index (χ3v) is 1.96. The molecule has 2 N–H and O–H groups in total. The molecule has 0 fully saturated rings. The van der Waals surface area contributed by atoms with Gasteiger partial charge in [0.05, 0.1) is 0 Å². The van der Waals surface area contributed by atoms with Gasteiger partial charge in [0.2, 0.25) is 0 Å². The molecule has 2 nitrogen and oxygen atoms in total. The molecule has 0 unspecified atom stereocenters. The van der Waals surface area contributed by atoms with E-state index in [1.807, 2.05) is 36.4 Å². The molecule has 0 atom stereocenters. The molecule has 1 aromatic carbocycles. The predicted octanol–water partition coefficient (Wildman–Crippen LogP) is 1.62. The summed E-state index contributed by atoms with van der Waals surface area (Å²) >= 11 is 0. The summed E-state index contributed by atoms with van der Waals surface area (Å²) in [7, 11) is 0. The van der Waals surface area contributed by atoms with Crippen LogP contribution in [0.15, 0.2) is 30.3 Å². The fraction of sp³-hybridized carbons (Fsp3) is 0.333. The Balaban J connectivity index is 2.63. The van der Waals surface area contributed by atoms with E-state index in [1.54, 1.807) is 0 Å². The SMILES string of the molecule is OCCC=Cc1cccc(CCO)c1. The van der Waals surface area contributed by atoms with E-state index in [2.05, 4.69) is 0 Å². The van der Waals surface area contributed by atoms with Crippen molar-refractivity contribution in [2.24, 2.45) is 0 Å². The summed E-state index contributed by atoms with van der Waals surface area (Å²) in [5.41, 5.74) is 2.25. The summed E-state index contributed by atoms with van der Waals surface area (Å²) in [6.45, 7) is 0.372. The zero-order chi connectivity index (χ0) is 10.2. The predicted molar refractivity (Wildman–Crippen MR) is 58.0 cm³/mol. The van der Waals surface area contributed by atoms with Crippen LogP contribution >= 0.6 is 0 Å². The van der Waals surface area contributed by atoms with Crippen molar-refractivity contribution in [3.05, 3.63) is 41.5 Å². The summed E-state index contributed by atoms with van der Waals surface area (Å²) in [6, 6.07) is 8.03. The first-order valence-electron chi connectivity index (χ1n) is 4.84. The zero-order valence-corrected chi connectivity index (χ0v) is 8.19. The van der Waals surface area contributed by atoms with Gasteiger partial charge in [-0.1, -0.05) is 36.4 Å². The topological polar surface area (TPSA) is 40.5 Å². The van der Waals surface area contributed by atoms with Crippen molar-refractivity contribution >= 4 is 6.08 Å². The Morgan fingerprint density at radius 3 is 2.71 bits per heavy atom. The van der Waals surface area contributed by atoms with Crippen molar-refractivity contribution in [2.45, 2.75) is 12.8 Å². The second kappa shape index (κ2) is 6.35. The van der Waals surface area contributed by atoms with Crippen LogP contribution in [-0.2, 0) is 6.42 Å². The molecule has 14 heavy (non-hydrogen) atoms. The van der Waals surface area contributed by atoms with Crippen LogP contribution in [0.4, 0.5) is 0 Å². The molecule has 0 radical (unpaired) electrons. The highest BCUT2D eigenvalue weighted by atomic mass is 16.3. The van der Waals surface area contributed by atoms with Gasteiger partial charge in [0, 0.05) is 13.2 Å². The van der Waals surface area contributed by atoms with Crippen molar-refractivity contribution < 1.29 is 10.2 Å². The van der Waals surface area contributed by atoms with Crippen LogP contribution in [0.25, 0.3) is 6.08 Å². The van der Waals surface area contributed by atoms with E-state index in [-0.39, 0.29) is 13.2 Å². The quantitative estimate of drug-likeness (QED) is 0.744. The molecular weight excluding hydrogens is 176 g/mol. The molecule has 0 aliphatic carbocycles. The molecule has 1 rings (SSSR count). The van der Waals surface area contributed by atoms with Gasteiger partial charge >= 0.3 is 0 Å². The minimum absolute atomic E-state index is 0.184. The van der Waals surface area contributed by atoms with Crippen molar-refractivity contribution in [1.29, 1.82) is 0 Å². The number of hydrogen-bond acceptors (Lipinski definition) is 2. The first-order valence-corrected chi connectivity index (χ1v) is 4.84. The maximum atomic E-state index is 8.77. The molecule has 2 heteroatoms. The summed E-state index contributed by atoms with van der Waals surface area (Å²) in [5.74, 6) is 0. The molecule has 0 bridgehead atoms. The lowest BCUT2D eigenvalue weighted by atomic mass is 10.1. The van der Waals surface area contributed by atoms with Gasteiger partial charge in [-0.2, -0.15) is 0 Å². The monoisotopic (exact) mass is 192 g/mol. The molecule has 0 aromatic heterocycles. The van der Waals surface area contributed by atoms with E-state index in [0.717, 1.165) is 11.1 Å². The highest BCUT2D eigenvalue weighted by molar-refractivity contribution is 5.50. The number of aliphatic hydroxyl groups is 2. The Bertz CT molecular complexity index is 292. The largest absolute Gasteiger partial charge is 0.396 e. The summed E-state index contributed by atoms with van der Waals surface area (Å²) < 4.78 is 0. The second-order valence-electron chi connectivity index (χ2n) is 3.13. The van der Waals surface area contributed by atoms with Gasteiger partial charge in [-0.05, 0) is 24.0 Å². The molecule has 0 spiro atoms. The minimum atomic E-state index is 0.184. The van der Waals surface area contributed by atoms with Crippen molar-refractivity contribution in [3.8, 4) is 0 Å². The zero-order valence-electron chi connectivity index (χ0n) is 8.19. The Morgan fingerprint density at radius 1 is 1.14 bits per heavy atom. The maximum absolute atomic E-state index is 8.77. The number of aliphatic hydroxyl groups excluding tert-OH is 2. The van der Waals surface area contributed by atoms with Gasteiger partial charge in [0.15, 0.2) is 0 Å². The summed E-state index contributed by atoms with van der Waals surface area (Å²) in [5, 5.41) is 17.4. The average molecular weight is 192 g/mol. The minimum Gasteiger partial charge on any atom is -0.396 e. The Hall–Kier alpha value is -1.12. The Morgan fingerprint density at radius 2 is 2.00 bits per heavy atom. The number of rotatable bonds is 5. The van der Waals surface area contributed by atoms with Gasteiger partial charge in [-0.15, -0.1) is 0 Å².